The van der Waals surface area contributed by atoms with E-state index in [-0.39, 0.29) is 5.97 Å². The summed E-state index contributed by atoms with van der Waals surface area (Å²) >= 11 is 0. The van der Waals surface area contributed by atoms with Crippen LogP contribution in [0, 0.1) is 13.8 Å². The summed E-state index contributed by atoms with van der Waals surface area (Å²) < 4.78 is 10.2. The van der Waals surface area contributed by atoms with Crippen LogP contribution in [0.15, 0.2) is 12.1 Å². The van der Waals surface area contributed by atoms with Crippen molar-refractivity contribution in [3.8, 4) is 11.5 Å². The Morgan fingerprint density at radius 2 is 1.71 bits per heavy atom. The Morgan fingerprint density at radius 3 is 2.07 bits per heavy atom. The quantitative estimate of drug-likeness (QED) is 0.535. The van der Waals surface area contributed by atoms with Crippen molar-refractivity contribution in [1.29, 1.82) is 0 Å². The monoisotopic (exact) mass is 194 g/mol. The number of rotatable bonds is 2. The molecule has 0 aliphatic carbocycles. The van der Waals surface area contributed by atoms with E-state index in [0.29, 0.717) is 5.75 Å². The summed E-state index contributed by atoms with van der Waals surface area (Å²) in [6, 6.07) is 3.68. The van der Waals surface area contributed by atoms with Gasteiger partial charge in [0.15, 0.2) is 0 Å². The van der Waals surface area contributed by atoms with Crippen molar-refractivity contribution in [1.82, 2.24) is 0 Å². The van der Waals surface area contributed by atoms with Gasteiger partial charge in [0.1, 0.15) is 11.5 Å². The largest absolute Gasteiger partial charge is 0.497 e. The smallest absolute Gasteiger partial charge is 0.308 e. The van der Waals surface area contributed by atoms with E-state index in [2.05, 4.69) is 0 Å². The SMILES string of the molecule is COc1cc(C)c(OC(C)=O)c(C)c1. The standard InChI is InChI=1S/C11H14O3/c1-7-5-10(13-4)6-8(2)11(7)14-9(3)12/h5-6H,1-4H3. The third-order valence-electron chi connectivity index (χ3n) is 1.92. The van der Waals surface area contributed by atoms with Crippen molar-refractivity contribution in [2.24, 2.45) is 0 Å². The lowest BCUT2D eigenvalue weighted by Gasteiger charge is -2.10. The van der Waals surface area contributed by atoms with Gasteiger partial charge in [0.2, 0.25) is 0 Å². The number of hydrogen-bond donors (Lipinski definition) is 0. The average Bonchev–Trinajstić information content (AvgIpc) is 2.10. The summed E-state index contributed by atoms with van der Waals surface area (Å²) in [5, 5.41) is 0. The summed E-state index contributed by atoms with van der Waals surface area (Å²) in [5.74, 6) is 1.09. The van der Waals surface area contributed by atoms with E-state index in [1.807, 2.05) is 26.0 Å². The molecule has 76 valence electrons. The second kappa shape index (κ2) is 4.13. The zero-order valence-corrected chi connectivity index (χ0v) is 8.88. The summed E-state index contributed by atoms with van der Waals surface area (Å²) in [4.78, 5) is 10.8. The molecule has 1 aromatic rings. The number of methoxy groups -OCH3 is 1. The van der Waals surface area contributed by atoms with Gasteiger partial charge in [-0.1, -0.05) is 0 Å². The van der Waals surface area contributed by atoms with Gasteiger partial charge in [-0.25, -0.2) is 0 Å². The minimum absolute atomic E-state index is 0.304. The summed E-state index contributed by atoms with van der Waals surface area (Å²) in [7, 11) is 1.61. The summed E-state index contributed by atoms with van der Waals surface area (Å²) in [5.41, 5.74) is 1.80. The minimum atomic E-state index is -0.304. The molecule has 14 heavy (non-hydrogen) atoms. The number of aryl methyl sites for hydroxylation is 2. The second-order valence-corrected chi connectivity index (χ2v) is 3.18. The van der Waals surface area contributed by atoms with Crippen LogP contribution in [0.5, 0.6) is 11.5 Å². The number of ether oxygens (including phenoxy) is 2. The molecule has 0 atom stereocenters. The first-order valence-electron chi connectivity index (χ1n) is 4.38. The van der Waals surface area contributed by atoms with E-state index in [9.17, 15) is 4.79 Å². The Labute approximate surface area is 83.6 Å². The maximum absolute atomic E-state index is 10.8. The van der Waals surface area contributed by atoms with Crippen LogP contribution >= 0.6 is 0 Å². The molecule has 0 fully saturated rings. The van der Waals surface area contributed by atoms with Gasteiger partial charge in [-0.15, -0.1) is 0 Å². The molecule has 0 bridgehead atoms. The van der Waals surface area contributed by atoms with Gasteiger partial charge in [-0.2, -0.15) is 0 Å². The van der Waals surface area contributed by atoms with Crippen molar-refractivity contribution < 1.29 is 14.3 Å². The lowest BCUT2D eigenvalue weighted by atomic mass is 10.1. The molecule has 0 aliphatic rings. The Morgan fingerprint density at radius 1 is 1.21 bits per heavy atom. The van der Waals surface area contributed by atoms with Crippen molar-refractivity contribution in [2.75, 3.05) is 7.11 Å². The maximum Gasteiger partial charge on any atom is 0.308 e. The molecule has 1 rings (SSSR count). The van der Waals surface area contributed by atoms with Crippen LogP contribution in [0.2, 0.25) is 0 Å². The van der Waals surface area contributed by atoms with E-state index >= 15 is 0 Å². The number of benzene rings is 1. The van der Waals surface area contributed by atoms with Crippen LogP contribution in [-0.4, -0.2) is 13.1 Å². The molecule has 0 N–H and O–H groups in total. The van der Waals surface area contributed by atoms with Crippen molar-refractivity contribution in [3.05, 3.63) is 23.3 Å². The van der Waals surface area contributed by atoms with Crippen molar-refractivity contribution >= 4 is 5.97 Å². The minimum Gasteiger partial charge on any atom is -0.497 e. The number of carbonyl (C=O) groups is 1. The molecule has 3 heteroatoms. The summed E-state index contributed by atoms with van der Waals surface area (Å²) in [6.45, 7) is 5.16. The summed E-state index contributed by atoms with van der Waals surface area (Å²) in [6.07, 6.45) is 0. The van der Waals surface area contributed by atoms with Crippen LogP contribution in [0.4, 0.5) is 0 Å². The van der Waals surface area contributed by atoms with E-state index in [1.54, 1.807) is 7.11 Å². The number of hydrogen-bond acceptors (Lipinski definition) is 3. The fraction of sp³-hybridized carbons (Fsp3) is 0.364. The molecule has 0 aliphatic heterocycles. The number of esters is 1. The van der Waals surface area contributed by atoms with Crippen LogP contribution in [0.25, 0.3) is 0 Å². The lowest BCUT2D eigenvalue weighted by molar-refractivity contribution is -0.131. The zero-order chi connectivity index (χ0) is 10.7. The Bertz CT molecular complexity index is 333. The second-order valence-electron chi connectivity index (χ2n) is 3.18. The first kappa shape index (κ1) is 10.6. The van der Waals surface area contributed by atoms with Crippen molar-refractivity contribution in [3.63, 3.8) is 0 Å². The molecule has 0 amide bonds. The predicted octanol–water partition coefficient (Wildman–Crippen LogP) is 2.24. The molecule has 1 aromatic carbocycles. The highest BCUT2D eigenvalue weighted by Gasteiger charge is 2.08. The third kappa shape index (κ3) is 2.25. The third-order valence-corrected chi connectivity index (χ3v) is 1.92. The highest BCUT2D eigenvalue weighted by atomic mass is 16.5. The fourth-order valence-corrected chi connectivity index (χ4v) is 1.33. The molecular formula is C11H14O3. The number of carbonyl (C=O) groups excluding carboxylic acids is 1. The van der Waals surface area contributed by atoms with Gasteiger partial charge in [0, 0.05) is 6.92 Å². The highest BCUT2D eigenvalue weighted by molar-refractivity contribution is 5.70. The van der Waals surface area contributed by atoms with Crippen molar-refractivity contribution in [2.45, 2.75) is 20.8 Å². The Kier molecular flexibility index (Phi) is 3.12. The van der Waals surface area contributed by atoms with Crippen LogP contribution < -0.4 is 9.47 Å². The van der Waals surface area contributed by atoms with Crippen LogP contribution in [-0.2, 0) is 4.79 Å². The molecular weight excluding hydrogens is 180 g/mol. The van der Waals surface area contributed by atoms with E-state index in [1.165, 1.54) is 6.92 Å². The Hall–Kier alpha value is -1.51. The molecule has 0 unspecified atom stereocenters. The maximum atomic E-state index is 10.8. The van der Waals surface area contributed by atoms with Gasteiger partial charge >= 0.3 is 5.97 Å². The van der Waals surface area contributed by atoms with E-state index in [0.717, 1.165) is 16.9 Å². The van der Waals surface area contributed by atoms with Crippen LogP contribution in [0.1, 0.15) is 18.1 Å². The molecule has 0 spiro atoms. The topological polar surface area (TPSA) is 35.5 Å². The van der Waals surface area contributed by atoms with Gasteiger partial charge in [-0.3, -0.25) is 4.79 Å². The first-order chi connectivity index (χ1) is 6.54. The molecule has 0 saturated carbocycles. The van der Waals surface area contributed by atoms with Gasteiger partial charge < -0.3 is 9.47 Å². The Balaban J connectivity index is 3.11. The zero-order valence-electron chi connectivity index (χ0n) is 8.88. The highest BCUT2D eigenvalue weighted by Crippen LogP contribution is 2.28. The van der Waals surface area contributed by atoms with E-state index in [4.69, 9.17) is 9.47 Å². The molecule has 0 radical (unpaired) electrons. The fourth-order valence-electron chi connectivity index (χ4n) is 1.33. The van der Waals surface area contributed by atoms with Gasteiger partial charge in [0.05, 0.1) is 7.11 Å². The van der Waals surface area contributed by atoms with Gasteiger partial charge in [-0.05, 0) is 37.1 Å². The van der Waals surface area contributed by atoms with E-state index < -0.39 is 0 Å². The van der Waals surface area contributed by atoms with Crippen LogP contribution in [0.3, 0.4) is 0 Å². The lowest BCUT2D eigenvalue weighted by Crippen LogP contribution is -2.04. The predicted molar refractivity (Wildman–Crippen MR) is 53.8 cm³/mol. The molecule has 0 heterocycles. The first-order valence-corrected chi connectivity index (χ1v) is 4.38. The molecule has 0 saturated heterocycles. The average molecular weight is 194 g/mol. The molecule has 3 nitrogen and oxygen atoms in total. The van der Waals surface area contributed by atoms with Gasteiger partial charge in [0.25, 0.3) is 0 Å². The normalized spacial score (nSPS) is 9.71. The molecule has 0 aromatic heterocycles.